The molecule has 1 aliphatic heterocycles. The van der Waals surface area contributed by atoms with Crippen LogP contribution in [0, 0.1) is 5.92 Å². The molecule has 2 nitrogen and oxygen atoms in total. The largest absolute Gasteiger partial charge is 0.381 e. The van der Waals surface area contributed by atoms with E-state index in [9.17, 15) is 0 Å². The summed E-state index contributed by atoms with van der Waals surface area (Å²) in [7, 11) is 0. The summed E-state index contributed by atoms with van der Waals surface area (Å²) < 4.78 is 5.65. The summed E-state index contributed by atoms with van der Waals surface area (Å²) in [5.41, 5.74) is 0. The van der Waals surface area contributed by atoms with Crippen molar-refractivity contribution in [1.29, 1.82) is 0 Å². The normalized spacial score (nSPS) is 25.1. The molecule has 96 valence electrons. The van der Waals surface area contributed by atoms with Crippen molar-refractivity contribution in [2.45, 2.75) is 45.6 Å². The maximum Gasteiger partial charge on any atom is 0.0469 e. The third-order valence-electron chi connectivity index (χ3n) is 3.13. The summed E-state index contributed by atoms with van der Waals surface area (Å²) >= 11 is 2.09. The second kappa shape index (κ2) is 9.32. The highest BCUT2D eigenvalue weighted by molar-refractivity contribution is 7.99. The Morgan fingerprint density at radius 2 is 2.06 bits per heavy atom. The van der Waals surface area contributed by atoms with Crippen LogP contribution in [0.25, 0.3) is 0 Å². The van der Waals surface area contributed by atoms with Crippen LogP contribution in [0.4, 0.5) is 0 Å². The highest BCUT2D eigenvalue weighted by atomic mass is 32.2. The zero-order chi connectivity index (χ0) is 11.6. The fourth-order valence-electron chi connectivity index (χ4n) is 2.02. The van der Waals surface area contributed by atoms with E-state index in [1.807, 2.05) is 0 Å². The van der Waals surface area contributed by atoms with Crippen LogP contribution < -0.4 is 5.32 Å². The van der Waals surface area contributed by atoms with Crippen LogP contribution in [0.2, 0.25) is 0 Å². The van der Waals surface area contributed by atoms with E-state index in [2.05, 4.69) is 30.9 Å². The number of unbranched alkanes of at least 4 members (excludes halogenated alkanes) is 1. The molecule has 16 heavy (non-hydrogen) atoms. The Bertz CT molecular complexity index is 166. The van der Waals surface area contributed by atoms with Gasteiger partial charge in [0.1, 0.15) is 0 Å². The first-order chi connectivity index (χ1) is 7.88. The third-order valence-corrected chi connectivity index (χ3v) is 4.39. The lowest BCUT2D eigenvalue weighted by Crippen LogP contribution is -2.36. The quantitative estimate of drug-likeness (QED) is 0.631. The standard InChI is InChI=1S/C13H27NOS/c1-3-5-8-15-9-6-12-10-16-11-13(12)14-7-4-2/h12-14H,3-11H2,1-2H3. The van der Waals surface area contributed by atoms with Crippen molar-refractivity contribution in [3.63, 3.8) is 0 Å². The molecule has 0 aromatic carbocycles. The van der Waals surface area contributed by atoms with E-state index in [1.165, 1.54) is 43.7 Å². The summed E-state index contributed by atoms with van der Waals surface area (Å²) in [5.74, 6) is 3.44. The van der Waals surface area contributed by atoms with E-state index in [1.54, 1.807) is 0 Å². The zero-order valence-corrected chi connectivity index (χ0v) is 11.7. The minimum absolute atomic E-state index is 0.736. The molecule has 1 aliphatic rings. The molecule has 0 bridgehead atoms. The number of nitrogens with one attached hydrogen (secondary N) is 1. The molecule has 3 heteroatoms. The van der Waals surface area contributed by atoms with Gasteiger partial charge in [-0.1, -0.05) is 20.3 Å². The van der Waals surface area contributed by atoms with Crippen molar-refractivity contribution >= 4 is 11.8 Å². The Labute approximate surface area is 105 Å². The van der Waals surface area contributed by atoms with Gasteiger partial charge in [0, 0.05) is 25.0 Å². The molecule has 0 saturated carbocycles. The third kappa shape index (κ3) is 5.55. The first-order valence-electron chi connectivity index (χ1n) is 6.77. The summed E-state index contributed by atoms with van der Waals surface area (Å²) in [6, 6.07) is 0.736. The van der Waals surface area contributed by atoms with Crippen molar-refractivity contribution in [2.24, 2.45) is 5.92 Å². The molecule has 0 aromatic rings. The Balaban J connectivity index is 2.05. The summed E-state index contributed by atoms with van der Waals surface area (Å²) in [5, 5.41) is 3.66. The fourth-order valence-corrected chi connectivity index (χ4v) is 3.50. The maximum absolute atomic E-state index is 5.65. The monoisotopic (exact) mass is 245 g/mol. The summed E-state index contributed by atoms with van der Waals surface area (Å²) in [6.07, 6.45) is 4.91. The molecule has 2 unspecified atom stereocenters. The fraction of sp³-hybridized carbons (Fsp3) is 1.00. The molecule has 0 aliphatic carbocycles. The summed E-state index contributed by atoms with van der Waals surface area (Å²) in [6.45, 7) is 7.51. The van der Waals surface area contributed by atoms with Crippen molar-refractivity contribution in [2.75, 3.05) is 31.3 Å². The average molecular weight is 245 g/mol. The van der Waals surface area contributed by atoms with Crippen molar-refractivity contribution < 1.29 is 4.74 Å². The molecule has 1 N–H and O–H groups in total. The zero-order valence-electron chi connectivity index (χ0n) is 10.8. The Hall–Kier alpha value is 0.270. The predicted molar refractivity (Wildman–Crippen MR) is 73.2 cm³/mol. The van der Waals surface area contributed by atoms with Crippen LogP contribution in [0.15, 0.2) is 0 Å². The molecule has 0 radical (unpaired) electrons. The highest BCUT2D eigenvalue weighted by Gasteiger charge is 2.26. The van der Waals surface area contributed by atoms with Crippen LogP contribution in [0.1, 0.15) is 39.5 Å². The second-order valence-electron chi connectivity index (χ2n) is 4.61. The van der Waals surface area contributed by atoms with Crippen LogP contribution in [0.5, 0.6) is 0 Å². The average Bonchev–Trinajstić information content (AvgIpc) is 2.74. The van der Waals surface area contributed by atoms with Crippen molar-refractivity contribution in [3.8, 4) is 0 Å². The molecule has 1 rings (SSSR count). The van der Waals surface area contributed by atoms with Gasteiger partial charge in [-0.15, -0.1) is 0 Å². The first kappa shape index (κ1) is 14.3. The number of rotatable bonds is 9. The Morgan fingerprint density at radius 1 is 1.19 bits per heavy atom. The highest BCUT2D eigenvalue weighted by Crippen LogP contribution is 2.26. The van der Waals surface area contributed by atoms with Crippen LogP contribution in [0.3, 0.4) is 0 Å². The number of ether oxygens (including phenoxy) is 1. The number of hydrogen-bond acceptors (Lipinski definition) is 3. The van der Waals surface area contributed by atoms with Gasteiger partial charge >= 0.3 is 0 Å². The lowest BCUT2D eigenvalue weighted by molar-refractivity contribution is 0.116. The molecule has 1 saturated heterocycles. The van der Waals surface area contributed by atoms with Crippen LogP contribution in [-0.2, 0) is 4.74 Å². The Morgan fingerprint density at radius 3 is 2.81 bits per heavy atom. The molecule has 1 fully saturated rings. The van der Waals surface area contributed by atoms with Crippen molar-refractivity contribution in [3.05, 3.63) is 0 Å². The maximum atomic E-state index is 5.65. The lowest BCUT2D eigenvalue weighted by Gasteiger charge is -2.19. The predicted octanol–water partition coefficient (Wildman–Crippen LogP) is 2.92. The van der Waals surface area contributed by atoms with E-state index in [4.69, 9.17) is 4.74 Å². The topological polar surface area (TPSA) is 21.3 Å². The number of hydrogen-bond donors (Lipinski definition) is 1. The minimum atomic E-state index is 0.736. The van der Waals surface area contributed by atoms with Gasteiger partial charge in [-0.3, -0.25) is 0 Å². The lowest BCUT2D eigenvalue weighted by atomic mass is 10.0. The molecule has 2 atom stereocenters. The minimum Gasteiger partial charge on any atom is -0.381 e. The van der Waals surface area contributed by atoms with Crippen LogP contribution in [-0.4, -0.2) is 37.3 Å². The van der Waals surface area contributed by atoms with E-state index < -0.39 is 0 Å². The van der Waals surface area contributed by atoms with Crippen LogP contribution >= 0.6 is 11.8 Å². The van der Waals surface area contributed by atoms with E-state index in [0.717, 1.165) is 25.2 Å². The number of thioether (sulfide) groups is 1. The van der Waals surface area contributed by atoms with Gasteiger partial charge in [0.25, 0.3) is 0 Å². The van der Waals surface area contributed by atoms with E-state index >= 15 is 0 Å². The molecular formula is C13H27NOS. The molecule has 1 heterocycles. The van der Waals surface area contributed by atoms with E-state index in [-0.39, 0.29) is 0 Å². The van der Waals surface area contributed by atoms with Gasteiger partial charge < -0.3 is 10.1 Å². The van der Waals surface area contributed by atoms with E-state index in [0.29, 0.717) is 0 Å². The van der Waals surface area contributed by atoms with Gasteiger partial charge in [0.2, 0.25) is 0 Å². The van der Waals surface area contributed by atoms with Crippen molar-refractivity contribution in [1.82, 2.24) is 5.32 Å². The SMILES string of the molecule is CCCCOCCC1CSCC1NCCC. The van der Waals surface area contributed by atoms with Gasteiger partial charge in [-0.2, -0.15) is 11.8 Å². The molecule has 0 aromatic heterocycles. The molecular weight excluding hydrogens is 218 g/mol. The van der Waals surface area contributed by atoms with Gasteiger partial charge in [-0.05, 0) is 37.5 Å². The second-order valence-corrected chi connectivity index (χ2v) is 5.69. The smallest absolute Gasteiger partial charge is 0.0469 e. The summed E-state index contributed by atoms with van der Waals surface area (Å²) in [4.78, 5) is 0. The van der Waals surface area contributed by atoms with Gasteiger partial charge in [0.05, 0.1) is 0 Å². The molecule has 0 amide bonds. The van der Waals surface area contributed by atoms with Gasteiger partial charge in [0.15, 0.2) is 0 Å². The Kier molecular flexibility index (Phi) is 8.34. The first-order valence-corrected chi connectivity index (χ1v) is 7.92. The molecule has 0 spiro atoms. The van der Waals surface area contributed by atoms with Gasteiger partial charge in [-0.25, -0.2) is 0 Å².